The Balaban J connectivity index is 1.88. The molecule has 5 heteroatoms. The highest BCUT2D eigenvalue weighted by Crippen LogP contribution is 2.27. The molecule has 4 rings (SSSR count). The van der Waals surface area contributed by atoms with Gasteiger partial charge >= 0.3 is 0 Å². The molecule has 0 spiro atoms. The predicted octanol–water partition coefficient (Wildman–Crippen LogP) is 4.02. The molecule has 116 valence electrons. The number of nitrogens with two attached hydrogens (primary N) is 1. The molecule has 0 aliphatic carbocycles. The van der Waals surface area contributed by atoms with E-state index in [2.05, 4.69) is 15.3 Å². The summed E-state index contributed by atoms with van der Waals surface area (Å²) in [6.07, 6.45) is 3.48. The number of nitrogens with zero attached hydrogens (tertiary/aromatic N) is 3. The Kier molecular flexibility index (Phi) is 3.51. The van der Waals surface area contributed by atoms with Gasteiger partial charge in [0.25, 0.3) is 0 Å². The molecule has 2 aromatic heterocycles. The fourth-order valence-corrected chi connectivity index (χ4v) is 2.55. The minimum atomic E-state index is 0.637. The summed E-state index contributed by atoms with van der Waals surface area (Å²) in [5.41, 5.74) is 9.27. The fourth-order valence-electron chi connectivity index (χ4n) is 2.55. The van der Waals surface area contributed by atoms with Crippen molar-refractivity contribution in [1.29, 1.82) is 0 Å². The lowest BCUT2D eigenvalue weighted by atomic mass is 10.1. The van der Waals surface area contributed by atoms with E-state index in [-0.39, 0.29) is 0 Å². The van der Waals surface area contributed by atoms with Crippen LogP contribution >= 0.6 is 0 Å². The number of fused-ring (bicyclic) bond motifs is 1. The first-order chi connectivity index (χ1) is 11.8. The van der Waals surface area contributed by atoms with Gasteiger partial charge in [0.15, 0.2) is 5.82 Å². The molecule has 0 saturated heterocycles. The van der Waals surface area contributed by atoms with Crippen LogP contribution in [0.5, 0.6) is 0 Å². The lowest BCUT2D eigenvalue weighted by molar-refractivity contribution is 1.22. The molecular weight excluding hydrogens is 298 g/mol. The first kappa shape index (κ1) is 14.1. The van der Waals surface area contributed by atoms with Crippen LogP contribution < -0.4 is 11.1 Å². The van der Waals surface area contributed by atoms with E-state index in [0.717, 1.165) is 28.0 Å². The van der Waals surface area contributed by atoms with Gasteiger partial charge in [-0.1, -0.05) is 24.3 Å². The van der Waals surface area contributed by atoms with Crippen LogP contribution in [-0.2, 0) is 0 Å². The maximum absolute atomic E-state index is 5.89. The number of rotatable bonds is 3. The third kappa shape index (κ3) is 2.75. The highest BCUT2D eigenvalue weighted by atomic mass is 15.0. The molecule has 24 heavy (non-hydrogen) atoms. The normalized spacial score (nSPS) is 10.7. The summed E-state index contributed by atoms with van der Waals surface area (Å²) in [6.45, 7) is 0. The molecule has 2 heterocycles. The Morgan fingerprint density at radius 2 is 1.67 bits per heavy atom. The minimum absolute atomic E-state index is 0.637. The number of pyridine rings is 1. The number of aromatic nitrogens is 3. The molecule has 4 aromatic rings. The van der Waals surface area contributed by atoms with Crippen LogP contribution in [0.1, 0.15) is 0 Å². The van der Waals surface area contributed by atoms with Crippen molar-refractivity contribution in [2.45, 2.75) is 0 Å². The lowest BCUT2D eigenvalue weighted by Crippen LogP contribution is -1.99. The van der Waals surface area contributed by atoms with Crippen LogP contribution in [0, 0.1) is 0 Å². The largest absolute Gasteiger partial charge is 0.399 e. The maximum atomic E-state index is 5.89. The highest BCUT2D eigenvalue weighted by Gasteiger charge is 2.09. The van der Waals surface area contributed by atoms with E-state index < -0.39 is 0 Å². The van der Waals surface area contributed by atoms with E-state index in [1.165, 1.54) is 0 Å². The third-order valence-electron chi connectivity index (χ3n) is 3.69. The van der Waals surface area contributed by atoms with Gasteiger partial charge in [0.2, 0.25) is 0 Å². The van der Waals surface area contributed by atoms with E-state index >= 15 is 0 Å². The van der Waals surface area contributed by atoms with Crippen LogP contribution in [0.4, 0.5) is 17.2 Å². The van der Waals surface area contributed by atoms with Gasteiger partial charge in [0.1, 0.15) is 5.82 Å². The second-order valence-electron chi connectivity index (χ2n) is 5.40. The SMILES string of the molecule is Nc1cccc(-c2nc(Nc3ccncc3)c3ccccc3n2)c1. The predicted molar refractivity (Wildman–Crippen MR) is 96.9 cm³/mol. The smallest absolute Gasteiger partial charge is 0.162 e. The van der Waals surface area contributed by atoms with Crippen molar-refractivity contribution in [3.8, 4) is 11.4 Å². The molecule has 5 nitrogen and oxygen atoms in total. The number of hydrogen-bond donors (Lipinski definition) is 2. The average Bonchev–Trinajstić information content (AvgIpc) is 2.62. The topological polar surface area (TPSA) is 76.7 Å². The summed E-state index contributed by atoms with van der Waals surface area (Å²) in [5.74, 6) is 1.39. The fraction of sp³-hybridized carbons (Fsp3) is 0. The van der Waals surface area contributed by atoms with Crippen molar-refractivity contribution in [2.75, 3.05) is 11.1 Å². The van der Waals surface area contributed by atoms with Gasteiger partial charge in [0, 0.05) is 34.7 Å². The molecule has 0 amide bonds. The van der Waals surface area contributed by atoms with Crippen LogP contribution in [0.25, 0.3) is 22.3 Å². The number of nitrogens with one attached hydrogen (secondary N) is 1. The summed E-state index contributed by atoms with van der Waals surface area (Å²) in [5, 5.41) is 4.31. The average molecular weight is 313 g/mol. The summed E-state index contributed by atoms with van der Waals surface area (Å²) < 4.78 is 0. The van der Waals surface area contributed by atoms with Crippen molar-refractivity contribution in [3.63, 3.8) is 0 Å². The summed E-state index contributed by atoms with van der Waals surface area (Å²) in [6, 6.07) is 19.3. The Morgan fingerprint density at radius 1 is 0.833 bits per heavy atom. The van der Waals surface area contributed by atoms with Gasteiger partial charge in [-0.3, -0.25) is 4.98 Å². The molecule has 0 bridgehead atoms. The number of para-hydroxylation sites is 1. The van der Waals surface area contributed by atoms with Crippen molar-refractivity contribution in [1.82, 2.24) is 15.0 Å². The van der Waals surface area contributed by atoms with E-state index in [1.54, 1.807) is 12.4 Å². The summed E-state index contributed by atoms with van der Waals surface area (Å²) >= 11 is 0. The van der Waals surface area contributed by atoms with Gasteiger partial charge in [-0.15, -0.1) is 0 Å². The first-order valence-electron chi connectivity index (χ1n) is 7.59. The molecule has 0 atom stereocenters. The van der Waals surface area contributed by atoms with Crippen molar-refractivity contribution >= 4 is 28.1 Å². The molecular formula is C19H15N5. The Bertz CT molecular complexity index is 999. The van der Waals surface area contributed by atoms with Gasteiger partial charge in [-0.25, -0.2) is 9.97 Å². The molecule has 0 aliphatic heterocycles. The second kappa shape index (κ2) is 5.96. The Labute approximate surface area is 139 Å². The van der Waals surface area contributed by atoms with Gasteiger partial charge < -0.3 is 11.1 Å². The lowest BCUT2D eigenvalue weighted by Gasteiger charge is -2.11. The minimum Gasteiger partial charge on any atom is -0.399 e. The van der Waals surface area contributed by atoms with Crippen LogP contribution in [0.3, 0.4) is 0 Å². The van der Waals surface area contributed by atoms with Crippen LogP contribution in [0.15, 0.2) is 73.1 Å². The molecule has 0 radical (unpaired) electrons. The number of benzene rings is 2. The van der Waals surface area contributed by atoms with Crippen molar-refractivity contribution < 1.29 is 0 Å². The van der Waals surface area contributed by atoms with Gasteiger partial charge in [0.05, 0.1) is 5.52 Å². The van der Waals surface area contributed by atoms with E-state index in [4.69, 9.17) is 10.7 Å². The zero-order chi connectivity index (χ0) is 16.4. The monoisotopic (exact) mass is 313 g/mol. The Hall–Kier alpha value is -3.47. The summed E-state index contributed by atoms with van der Waals surface area (Å²) in [7, 11) is 0. The maximum Gasteiger partial charge on any atom is 0.162 e. The zero-order valence-electron chi connectivity index (χ0n) is 12.8. The number of nitrogen functional groups attached to an aromatic ring is 1. The number of hydrogen-bond acceptors (Lipinski definition) is 5. The van der Waals surface area contributed by atoms with E-state index in [0.29, 0.717) is 11.5 Å². The second-order valence-corrected chi connectivity index (χ2v) is 5.40. The first-order valence-corrected chi connectivity index (χ1v) is 7.59. The van der Waals surface area contributed by atoms with Gasteiger partial charge in [-0.05, 0) is 36.4 Å². The third-order valence-corrected chi connectivity index (χ3v) is 3.69. The molecule has 0 fully saturated rings. The van der Waals surface area contributed by atoms with Crippen molar-refractivity contribution in [2.24, 2.45) is 0 Å². The zero-order valence-corrected chi connectivity index (χ0v) is 12.8. The Morgan fingerprint density at radius 3 is 2.50 bits per heavy atom. The number of anilines is 3. The highest BCUT2D eigenvalue weighted by molar-refractivity contribution is 5.92. The quantitative estimate of drug-likeness (QED) is 0.559. The van der Waals surface area contributed by atoms with Gasteiger partial charge in [-0.2, -0.15) is 0 Å². The molecule has 2 aromatic carbocycles. The van der Waals surface area contributed by atoms with Crippen molar-refractivity contribution in [3.05, 3.63) is 73.1 Å². The molecule has 3 N–H and O–H groups in total. The van der Waals surface area contributed by atoms with E-state index in [1.807, 2.05) is 60.7 Å². The van der Waals surface area contributed by atoms with Crippen LogP contribution in [-0.4, -0.2) is 15.0 Å². The van der Waals surface area contributed by atoms with E-state index in [9.17, 15) is 0 Å². The van der Waals surface area contributed by atoms with Crippen LogP contribution in [0.2, 0.25) is 0 Å². The summed E-state index contributed by atoms with van der Waals surface area (Å²) in [4.78, 5) is 13.4. The molecule has 0 aliphatic rings. The molecule has 0 saturated carbocycles. The molecule has 0 unspecified atom stereocenters. The standard InChI is InChI=1S/C19H15N5/c20-14-5-3-4-13(12-14)18-23-17-7-2-1-6-16(17)19(24-18)22-15-8-10-21-11-9-15/h1-12H,20H2,(H,21,22,23,24).